The van der Waals surface area contributed by atoms with E-state index in [9.17, 15) is 9.59 Å². The molecule has 2 atom stereocenters. The van der Waals surface area contributed by atoms with Crippen molar-refractivity contribution < 1.29 is 23.8 Å². The molecule has 3 rings (SSSR count). The Morgan fingerprint density at radius 3 is 2.17 bits per heavy atom. The molecular formula is C22H32N2O5. The second-order valence-electron chi connectivity index (χ2n) is 8.33. The van der Waals surface area contributed by atoms with Crippen molar-refractivity contribution in [3.8, 4) is 17.2 Å². The molecule has 1 aromatic rings. The number of hydrogen-bond acceptors (Lipinski definition) is 5. The Morgan fingerprint density at radius 2 is 1.69 bits per heavy atom. The lowest BCUT2D eigenvalue weighted by molar-refractivity contribution is -0.132. The Bertz CT molecular complexity index is 735. The molecule has 29 heavy (non-hydrogen) atoms. The summed E-state index contributed by atoms with van der Waals surface area (Å²) in [6.45, 7) is 5.71. The zero-order valence-corrected chi connectivity index (χ0v) is 18.0. The number of rotatable bonds is 8. The van der Waals surface area contributed by atoms with Crippen molar-refractivity contribution in [2.24, 2.45) is 17.8 Å². The van der Waals surface area contributed by atoms with Crippen LogP contribution in [0, 0.1) is 17.8 Å². The van der Waals surface area contributed by atoms with Crippen molar-refractivity contribution >= 4 is 11.8 Å². The summed E-state index contributed by atoms with van der Waals surface area (Å²) in [7, 11) is 4.71. The van der Waals surface area contributed by atoms with Crippen molar-refractivity contribution in [3.63, 3.8) is 0 Å². The Labute approximate surface area is 172 Å². The second kappa shape index (κ2) is 8.93. The average molecular weight is 405 g/mol. The van der Waals surface area contributed by atoms with Crippen LogP contribution in [0.5, 0.6) is 17.2 Å². The highest BCUT2D eigenvalue weighted by atomic mass is 16.5. The second-order valence-corrected chi connectivity index (χ2v) is 8.33. The molecule has 1 heterocycles. The Hall–Kier alpha value is -2.44. The predicted molar refractivity (Wildman–Crippen MR) is 109 cm³/mol. The zero-order chi connectivity index (χ0) is 21.1. The number of benzene rings is 1. The van der Waals surface area contributed by atoms with E-state index in [1.54, 1.807) is 21.3 Å². The molecule has 0 spiro atoms. The number of carbonyl (C=O) groups excluding carboxylic acids is 2. The van der Waals surface area contributed by atoms with Gasteiger partial charge < -0.3 is 24.4 Å². The molecule has 0 unspecified atom stereocenters. The van der Waals surface area contributed by atoms with Gasteiger partial charge in [-0.1, -0.05) is 13.8 Å². The lowest BCUT2D eigenvalue weighted by Gasteiger charge is -2.21. The van der Waals surface area contributed by atoms with Gasteiger partial charge >= 0.3 is 0 Å². The van der Waals surface area contributed by atoms with Gasteiger partial charge in [-0.3, -0.25) is 9.59 Å². The Morgan fingerprint density at radius 1 is 1.07 bits per heavy atom. The Balaban J connectivity index is 1.92. The van der Waals surface area contributed by atoms with E-state index in [0.717, 1.165) is 18.4 Å². The van der Waals surface area contributed by atoms with Crippen LogP contribution in [0.3, 0.4) is 0 Å². The van der Waals surface area contributed by atoms with Crippen molar-refractivity contribution in [2.45, 2.75) is 32.6 Å². The van der Waals surface area contributed by atoms with Crippen LogP contribution in [0.25, 0.3) is 0 Å². The van der Waals surface area contributed by atoms with E-state index in [1.165, 1.54) is 0 Å². The van der Waals surface area contributed by atoms with E-state index in [0.29, 0.717) is 42.8 Å². The molecule has 1 aliphatic carbocycles. The molecule has 1 saturated heterocycles. The molecule has 2 aliphatic rings. The smallest absolute Gasteiger partial charge is 0.225 e. The summed E-state index contributed by atoms with van der Waals surface area (Å²) in [5.41, 5.74) is 0.912. The lowest BCUT2D eigenvalue weighted by Crippen LogP contribution is -2.37. The average Bonchev–Trinajstić information content (AvgIpc) is 3.48. The summed E-state index contributed by atoms with van der Waals surface area (Å²) in [5.74, 6) is 1.84. The van der Waals surface area contributed by atoms with Gasteiger partial charge in [0.15, 0.2) is 11.5 Å². The molecule has 2 amide bonds. The molecule has 0 aromatic heterocycles. The first-order chi connectivity index (χ1) is 13.9. The van der Waals surface area contributed by atoms with E-state index in [-0.39, 0.29) is 29.6 Å². The summed E-state index contributed by atoms with van der Waals surface area (Å²) in [6, 6.07) is 3.78. The SMILES string of the molecule is COc1cc([C@@H]2CN(C(=O)C3CC3)C[C@@H]2C(=O)NCC(C)C)cc(OC)c1OC. The standard InChI is InChI=1S/C22H32N2O5/c1-13(2)10-23-21(25)17-12-24(22(26)14-6-7-14)11-16(17)15-8-18(27-3)20(29-5)19(9-15)28-4/h8-9,13-14,16-17H,6-7,10-12H2,1-5H3,(H,23,25)/t16-,17-/m0/s1. The lowest BCUT2D eigenvalue weighted by atomic mass is 9.87. The molecular weight excluding hydrogens is 372 g/mol. The van der Waals surface area contributed by atoms with Crippen LogP contribution < -0.4 is 19.5 Å². The van der Waals surface area contributed by atoms with Crippen LogP contribution in [0.15, 0.2) is 12.1 Å². The molecule has 1 aromatic carbocycles. The summed E-state index contributed by atoms with van der Waals surface area (Å²) in [6.07, 6.45) is 1.91. The van der Waals surface area contributed by atoms with Crippen LogP contribution in [0.2, 0.25) is 0 Å². The largest absolute Gasteiger partial charge is 0.493 e. The summed E-state index contributed by atoms with van der Waals surface area (Å²) in [5, 5.41) is 3.04. The summed E-state index contributed by atoms with van der Waals surface area (Å²) >= 11 is 0. The number of amides is 2. The molecule has 7 heteroatoms. The molecule has 1 aliphatic heterocycles. The number of nitrogens with one attached hydrogen (secondary N) is 1. The molecule has 0 bridgehead atoms. The van der Waals surface area contributed by atoms with E-state index in [4.69, 9.17) is 14.2 Å². The summed E-state index contributed by atoms with van der Waals surface area (Å²) < 4.78 is 16.4. The number of likely N-dealkylation sites (tertiary alicyclic amines) is 1. The first kappa shape index (κ1) is 21.3. The van der Waals surface area contributed by atoms with Crippen LogP contribution in [0.1, 0.15) is 38.2 Å². The van der Waals surface area contributed by atoms with Gasteiger partial charge in [-0.25, -0.2) is 0 Å². The van der Waals surface area contributed by atoms with E-state index >= 15 is 0 Å². The van der Waals surface area contributed by atoms with Gasteiger partial charge in [0.2, 0.25) is 17.6 Å². The number of carbonyl (C=O) groups is 2. The Kier molecular flexibility index (Phi) is 6.55. The highest BCUT2D eigenvalue weighted by molar-refractivity contribution is 5.85. The molecule has 1 N–H and O–H groups in total. The number of methoxy groups -OCH3 is 3. The first-order valence-electron chi connectivity index (χ1n) is 10.3. The van der Waals surface area contributed by atoms with Gasteiger partial charge in [-0.05, 0) is 36.5 Å². The highest BCUT2D eigenvalue weighted by Crippen LogP contribution is 2.44. The number of hydrogen-bond donors (Lipinski definition) is 1. The van der Waals surface area contributed by atoms with E-state index in [1.807, 2.05) is 17.0 Å². The summed E-state index contributed by atoms with van der Waals surface area (Å²) in [4.78, 5) is 27.5. The monoisotopic (exact) mass is 404 g/mol. The molecule has 2 fully saturated rings. The molecule has 160 valence electrons. The maximum absolute atomic E-state index is 13.0. The minimum absolute atomic E-state index is 0.0106. The fraction of sp³-hybridized carbons (Fsp3) is 0.636. The van der Waals surface area contributed by atoms with Crippen molar-refractivity contribution in [1.82, 2.24) is 10.2 Å². The molecule has 1 saturated carbocycles. The van der Waals surface area contributed by atoms with Crippen LogP contribution in [0.4, 0.5) is 0 Å². The van der Waals surface area contributed by atoms with Crippen LogP contribution in [-0.4, -0.2) is 57.7 Å². The fourth-order valence-corrected chi connectivity index (χ4v) is 3.93. The minimum Gasteiger partial charge on any atom is -0.493 e. The maximum Gasteiger partial charge on any atom is 0.225 e. The third-order valence-corrected chi connectivity index (χ3v) is 5.69. The van der Waals surface area contributed by atoms with Gasteiger partial charge in [0.05, 0.1) is 27.2 Å². The molecule has 7 nitrogen and oxygen atoms in total. The van der Waals surface area contributed by atoms with Crippen molar-refractivity contribution in [2.75, 3.05) is 41.0 Å². The quantitative estimate of drug-likeness (QED) is 0.720. The highest BCUT2D eigenvalue weighted by Gasteiger charge is 2.44. The molecule has 0 radical (unpaired) electrons. The number of ether oxygens (including phenoxy) is 3. The van der Waals surface area contributed by atoms with Gasteiger partial charge in [-0.2, -0.15) is 0 Å². The van der Waals surface area contributed by atoms with Crippen molar-refractivity contribution in [3.05, 3.63) is 17.7 Å². The van der Waals surface area contributed by atoms with Crippen molar-refractivity contribution in [1.29, 1.82) is 0 Å². The van der Waals surface area contributed by atoms with E-state index < -0.39 is 0 Å². The maximum atomic E-state index is 13.0. The zero-order valence-electron chi connectivity index (χ0n) is 18.0. The van der Waals surface area contributed by atoms with Gasteiger partial charge in [0, 0.05) is 31.5 Å². The topological polar surface area (TPSA) is 77.1 Å². The van der Waals surface area contributed by atoms with Crippen LogP contribution >= 0.6 is 0 Å². The third-order valence-electron chi connectivity index (χ3n) is 5.69. The van der Waals surface area contributed by atoms with E-state index in [2.05, 4.69) is 19.2 Å². The first-order valence-corrected chi connectivity index (χ1v) is 10.3. The van der Waals surface area contributed by atoms with Gasteiger partial charge in [-0.15, -0.1) is 0 Å². The van der Waals surface area contributed by atoms with Crippen LogP contribution in [-0.2, 0) is 9.59 Å². The van der Waals surface area contributed by atoms with Gasteiger partial charge in [0.25, 0.3) is 0 Å². The minimum atomic E-state index is -0.306. The number of nitrogens with zero attached hydrogens (tertiary/aromatic N) is 1. The predicted octanol–water partition coefficient (Wildman–Crippen LogP) is 2.44. The fourth-order valence-electron chi connectivity index (χ4n) is 3.93. The van der Waals surface area contributed by atoms with Gasteiger partial charge in [0.1, 0.15) is 0 Å². The normalized spacial score (nSPS) is 21.2. The third kappa shape index (κ3) is 4.60.